The molecule has 0 bridgehead atoms. The van der Waals surface area contributed by atoms with E-state index in [1.54, 1.807) is 0 Å². The van der Waals surface area contributed by atoms with Gasteiger partial charge in [0, 0.05) is 20.2 Å². The van der Waals surface area contributed by atoms with Crippen LogP contribution < -0.4 is 5.73 Å². The molecule has 1 aromatic rings. The van der Waals surface area contributed by atoms with E-state index in [2.05, 4.69) is 28.0 Å². The van der Waals surface area contributed by atoms with Crippen molar-refractivity contribution < 1.29 is 5.21 Å². The lowest BCUT2D eigenvalue weighted by Crippen LogP contribution is -2.15. The molecule has 0 saturated heterocycles. The molecule has 19 heavy (non-hydrogen) atoms. The van der Waals surface area contributed by atoms with Crippen LogP contribution in [0.1, 0.15) is 38.2 Å². The van der Waals surface area contributed by atoms with Crippen molar-refractivity contribution in [2.75, 3.05) is 0 Å². The Morgan fingerprint density at radius 3 is 2.89 bits per heavy atom. The second-order valence-corrected chi connectivity index (χ2v) is 7.34. The van der Waals surface area contributed by atoms with Crippen LogP contribution in [0, 0.1) is 5.92 Å². The van der Waals surface area contributed by atoms with E-state index in [0.717, 1.165) is 16.0 Å². The number of thioether (sulfide) groups is 1. The van der Waals surface area contributed by atoms with Gasteiger partial charge in [-0.25, -0.2) is 0 Å². The van der Waals surface area contributed by atoms with Gasteiger partial charge in [-0.3, -0.25) is 0 Å². The van der Waals surface area contributed by atoms with E-state index >= 15 is 0 Å². The summed E-state index contributed by atoms with van der Waals surface area (Å²) in [6.07, 6.45) is 5.28. The van der Waals surface area contributed by atoms with Crippen LogP contribution in [0.25, 0.3) is 0 Å². The van der Waals surface area contributed by atoms with Gasteiger partial charge in [-0.15, -0.1) is 11.8 Å². The third kappa shape index (κ3) is 3.89. The second-order valence-electron chi connectivity index (χ2n) is 5.14. The fourth-order valence-corrected chi connectivity index (χ4v) is 4.52. The van der Waals surface area contributed by atoms with E-state index in [1.807, 2.05) is 30.0 Å². The smallest absolute Gasteiger partial charge is 0.170 e. The summed E-state index contributed by atoms with van der Waals surface area (Å²) in [5.74, 6) is 0.977. The van der Waals surface area contributed by atoms with E-state index < -0.39 is 0 Å². The van der Waals surface area contributed by atoms with Crippen molar-refractivity contribution in [3.8, 4) is 0 Å². The van der Waals surface area contributed by atoms with Gasteiger partial charge < -0.3 is 10.9 Å². The van der Waals surface area contributed by atoms with E-state index in [9.17, 15) is 0 Å². The van der Waals surface area contributed by atoms with Gasteiger partial charge in [0.05, 0.1) is 0 Å². The molecule has 1 aliphatic carbocycles. The van der Waals surface area contributed by atoms with Gasteiger partial charge in [0.25, 0.3) is 0 Å². The van der Waals surface area contributed by atoms with Gasteiger partial charge in [0.15, 0.2) is 5.84 Å². The van der Waals surface area contributed by atoms with Crippen LogP contribution in [0.2, 0.25) is 0 Å². The van der Waals surface area contributed by atoms with Crippen molar-refractivity contribution >= 4 is 33.5 Å². The van der Waals surface area contributed by atoms with Gasteiger partial charge in [0.1, 0.15) is 0 Å². The largest absolute Gasteiger partial charge is 0.409 e. The Kier molecular flexibility index (Phi) is 5.16. The number of rotatable bonds is 3. The molecular formula is C14H19BrN2OS. The Morgan fingerprint density at radius 1 is 1.47 bits per heavy atom. The van der Waals surface area contributed by atoms with Crippen molar-refractivity contribution in [1.82, 2.24) is 0 Å². The molecule has 2 unspecified atom stereocenters. The van der Waals surface area contributed by atoms with Crippen molar-refractivity contribution in [3.05, 3.63) is 28.2 Å². The van der Waals surface area contributed by atoms with Gasteiger partial charge in [0.2, 0.25) is 0 Å². The molecular weight excluding hydrogens is 324 g/mol. The normalized spacial score (nSPS) is 24.4. The standard InChI is InChI=1S/C14H19BrN2OS/c1-9-3-2-4-11(7-9)19-13-6-5-10(8-12(13)15)14(16)17-18/h5-6,8-9,11,18H,2-4,7H2,1H3,(H2,16,17). The molecule has 1 saturated carbocycles. The van der Waals surface area contributed by atoms with Gasteiger partial charge in [-0.05, 0) is 52.9 Å². The molecule has 0 aromatic heterocycles. The number of nitrogens with two attached hydrogens (primary N) is 1. The maximum atomic E-state index is 8.68. The van der Waals surface area contributed by atoms with Crippen LogP contribution >= 0.6 is 27.7 Å². The Bertz CT molecular complexity index is 479. The molecule has 0 heterocycles. The molecule has 1 aliphatic rings. The first kappa shape index (κ1) is 14.7. The monoisotopic (exact) mass is 342 g/mol. The van der Waals surface area contributed by atoms with Crippen LogP contribution in [0.5, 0.6) is 0 Å². The highest BCUT2D eigenvalue weighted by molar-refractivity contribution is 9.10. The van der Waals surface area contributed by atoms with Gasteiger partial charge in [-0.2, -0.15) is 0 Å². The molecule has 0 amide bonds. The lowest BCUT2D eigenvalue weighted by atomic mass is 9.91. The summed E-state index contributed by atoms with van der Waals surface area (Å²) in [5.41, 5.74) is 6.32. The molecule has 104 valence electrons. The average Bonchev–Trinajstić information content (AvgIpc) is 2.40. The first-order chi connectivity index (χ1) is 9.10. The van der Waals surface area contributed by atoms with Crippen LogP contribution in [-0.4, -0.2) is 16.3 Å². The SMILES string of the molecule is CC1CCCC(Sc2ccc(/C(N)=N/O)cc2Br)C1. The highest BCUT2D eigenvalue weighted by Crippen LogP contribution is 2.39. The molecule has 3 N–H and O–H groups in total. The maximum absolute atomic E-state index is 8.68. The van der Waals surface area contributed by atoms with Crippen LogP contribution in [-0.2, 0) is 0 Å². The summed E-state index contributed by atoms with van der Waals surface area (Å²) >= 11 is 5.51. The molecule has 0 spiro atoms. The quantitative estimate of drug-likeness (QED) is 0.374. The van der Waals surface area contributed by atoms with E-state index in [1.165, 1.54) is 30.6 Å². The molecule has 1 aromatic carbocycles. The topological polar surface area (TPSA) is 58.6 Å². The zero-order chi connectivity index (χ0) is 13.8. The number of hydrogen-bond donors (Lipinski definition) is 2. The molecule has 5 heteroatoms. The van der Waals surface area contributed by atoms with Crippen LogP contribution in [0.3, 0.4) is 0 Å². The predicted molar refractivity (Wildman–Crippen MR) is 83.9 cm³/mol. The van der Waals surface area contributed by atoms with Gasteiger partial charge >= 0.3 is 0 Å². The summed E-state index contributed by atoms with van der Waals surface area (Å²) in [6, 6.07) is 5.85. The fourth-order valence-electron chi connectivity index (χ4n) is 2.48. The number of amidine groups is 1. The zero-order valence-corrected chi connectivity index (χ0v) is 13.4. The molecule has 1 fully saturated rings. The number of halogens is 1. The van der Waals surface area contributed by atoms with E-state index in [4.69, 9.17) is 10.9 Å². The van der Waals surface area contributed by atoms with Crippen LogP contribution in [0.15, 0.2) is 32.7 Å². The lowest BCUT2D eigenvalue weighted by molar-refractivity contribution is 0.318. The Balaban J connectivity index is 2.09. The average molecular weight is 343 g/mol. The molecule has 3 nitrogen and oxygen atoms in total. The number of nitrogens with zero attached hydrogens (tertiary/aromatic N) is 1. The summed E-state index contributed by atoms with van der Waals surface area (Å²) < 4.78 is 1.01. The van der Waals surface area contributed by atoms with Crippen molar-refractivity contribution in [2.45, 2.75) is 42.8 Å². The second kappa shape index (κ2) is 6.66. The Morgan fingerprint density at radius 2 is 2.26 bits per heavy atom. The molecule has 2 rings (SSSR count). The summed E-state index contributed by atoms with van der Waals surface area (Å²) in [6.45, 7) is 2.34. The van der Waals surface area contributed by atoms with Crippen molar-refractivity contribution in [1.29, 1.82) is 0 Å². The minimum absolute atomic E-state index is 0.142. The Labute approximate surface area is 126 Å². The van der Waals surface area contributed by atoms with E-state index in [-0.39, 0.29) is 5.84 Å². The number of oxime groups is 1. The predicted octanol–water partition coefficient (Wildman–Crippen LogP) is 4.21. The maximum Gasteiger partial charge on any atom is 0.170 e. The number of hydrogen-bond acceptors (Lipinski definition) is 3. The lowest BCUT2D eigenvalue weighted by Gasteiger charge is -2.26. The minimum Gasteiger partial charge on any atom is -0.409 e. The number of benzene rings is 1. The molecule has 0 radical (unpaired) electrons. The Hall–Kier alpha value is -0.680. The zero-order valence-electron chi connectivity index (χ0n) is 11.0. The highest BCUT2D eigenvalue weighted by Gasteiger charge is 2.20. The summed E-state index contributed by atoms with van der Waals surface area (Å²) in [5, 5.41) is 12.4. The molecule has 0 aliphatic heterocycles. The third-order valence-electron chi connectivity index (χ3n) is 3.52. The minimum atomic E-state index is 0.142. The molecule has 2 atom stereocenters. The first-order valence-electron chi connectivity index (χ1n) is 6.54. The van der Waals surface area contributed by atoms with Crippen molar-refractivity contribution in [3.63, 3.8) is 0 Å². The summed E-state index contributed by atoms with van der Waals surface area (Å²) in [7, 11) is 0. The van der Waals surface area contributed by atoms with Crippen molar-refractivity contribution in [2.24, 2.45) is 16.8 Å². The fraction of sp³-hybridized carbons (Fsp3) is 0.500. The highest BCUT2D eigenvalue weighted by atomic mass is 79.9. The van der Waals surface area contributed by atoms with E-state index in [0.29, 0.717) is 5.25 Å². The van der Waals surface area contributed by atoms with Gasteiger partial charge in [-0.1, -0.05) is 24.9 Å². The first-order valence-corrected chi connectivity index (χ1v) is 8.21. The summed E-state index contributed by atoms with van der Waals surface area (Å²) in [4.78, 5) is 1.23. The van der Waals surface area contributed by atoms with Crippen LogP contribution in [0.4, 0.5) is 0 Å². The third-order valence-corrected chi connectivity index (χ3v) is 5.81.